The largest absolute Gasteiger partial charge is 0.481 e. The Balaban J connectivity index is 2.44. The van der Waals surface area contributed by atoms with Crippen LogP contribution in [0, 0.1) is 22.0 Å². The van der Waals surface area contributed by atoms with Crippen molar-refractivity contribution in [1.82, 2.24) is 5.32 Å². The minimum absolute atomic E-state index is 0.0259. The number of hydrogen-bond acceptors (Lipinski definition) is 8. The monoisotopic (exact) mass is 412 g/mol. The van der Waals surface area contributed by atoms with Crippen molar-refractivity contribution in [2.75, 3.05) is 13.3 Å². The molecule has 11 nitrogen and oxygen atoms in total. The smallest absolute Gasteiger partial charge is 0.410 e. The summed E-state index contributed by atoms with van der Waals surface area (Å²) in [6, 6.07) is 5.94. The summed E-state index contributed by atoms with van der Waals surface area (Å²) < 4.78 is 9.52. The van der Waals surface area contributed by atoms with Gasteiger partial charge in [-0.2, -0.15) is 0 Å². The first kappa shape index (κ1) is 23.7. The van der Waals surface area contributed by atoms with Crippen LogP contribution in [0.15, 0.2) is 24.3 Å². The lowest BCUT2D eigenvalue weighted by atomic mass is 9.98. The summed E-state index contributed by atoms with van der Waals surface area (Å²) in [5.41, 5.74) is 0.256. The summed E-state index contributed by atoms with van der Waals surface area (Å²) in [6.45, 7) is 2.68. The predicted molar refractivity (Wildman–Crippen MR) is 98.2 cm³/mol. The van der Waals surface area contributed by atoms with Crippen LogP contribution in [0.1, 0.15) is 42.6 Å². The van der Waals surface area contributed by atoms with Gasteiger partial charge in [0.05, 0.1) is 11.5 Å². The number of carbonyl (C=O) groups is 3. The molecular formula is C18H24N2O9. The molecule has 0 radical (unpaired) electrons. The Morgan fingerprint density at radius 1 is 1.17 bits per heavy atom. The Morgan fingerprint density at radius 2 is 1.86 bits per heavy atom. The number of ether oxygens (including phenoxy) is 2. The number of rotatable bonds is 12. The highest BCUT2D eigenvalue weighted by molar-refractivity contribution is 5.91. The van der Waals surface area contributed by atoms with Gasteiger partial charge < -0.3 is 24.7 Å². The van der Waals surface area contributed by atoms with Crippen LogP contribution < -0.4 is 5.32 Å². The van der Waals surface area contributed by atoms with Crippen LogP contribution in [0.4, 0.5) is 4.79 Å². The van der Waals surface area contributed by atoms with E-state index in [1.807, 2.05) is 13.8 Å². The Bertz CT molecular complexity index is 721. The van der Waals surface area contributed by atoms with Crippen molar-refractivity contribution in [3.05, 3.63) is 45.5 Å². The number of alkyl carbamates (subject to hydrolysis) is 1. The Morgan fingerprint density at radius 3 is 2.48 bits per heavy atom. The number of nitrogens with zero attached hydrogens (tertiary/aromatic N) is 1. The van der Waals surface area contributed by atoms with E-state index in [-0.39, 0.29) is 17.7 Å². The van der Waals surface area contributed by atoms with Gasteiger partial charge in [-0.3, -0.25) is 4.79 Å². The summed E-state index contributed by atoms with van der Waals surface area (Å²) in [4.78, 5) is 49.4. The average molecular weight is 412 g/mol. The van der Waals surface area contributed by atoms with Gasteiger partial charge in [0.1, 0.15) is 6.61 Å². The van der Waals surface area contributed by atoms with Crippen molar-refractivity contribution in [2.45, 2.75) is 33.3 Å². The maximum absolute atomic E-state index is 12.1. The third-order valence-electron chi connectivity index (χ3n) is 3.88. The highest BCUT2D eigenvalue weighted by Crippen LogP contribution is 2.13. The SMILES string of the molecule is CC(C)CC[C@@H](CNC(=O)OCOC(=O)c1ccccc1CO[N+](=O)[O-])C(=O)O. The van der Waals surface area contributed by atoms with Gasteiger partial charge in [0.15, 0.2) is 0 Å². The molecule has 0 saturated carbocycles. The fraction of sp³-hybridized carbons (Fsp3) is 0.500. The number of aliphatic carboxylic acids is 1. The molecule has 0 aliphatic rings. The fourth-order valence-electron chi connectivity index (χ4n) is 2.29. The van der Waals surface area contributed by atoms with E-state index in [4.69, 9.17) is 14.6 Å². The number of carboxylic acid groups (broad SMARTS) is 1. The first-order chi connectivity index (χ1) is 13.7. The van der Waals surface area contributed by atoms with Crippen LogP contribution >= 0.6 is 0 Å². The van der Waals surface area contributed by atoms with E-state index >= 15 is 0 Å². The molecule has 0 fully saturated rings. The lowest BCUT2D eigenvalue weighted by molar-refractivity contribution is -0.763. The zero-order valence-corrected chi connectivity index (χ0v) is 16.2. The molecule has 29 heavy (non-hydrogen) atoms. The van der Waals surface area contributed by atoms with Crippen molar-refractivity contribution in [3.8, 4) is 0 Å². The molecule has 1 rings (SSSR count). The topological polar surface area (TPSA) is 154 Å². The van der Waals surface area contributed by atoms with Crippen molar-refractivity contribution in [2.24, 2.45) is 11.8 Å². The van der Waals surface area contributed by atoms with E-state index in [2.05, 4.69) is 10.2 Å². The van der Waals surface area contributed by atoms with Crippen LogP contribution in [0.25, 0.3) is 0 Å². The minimum atomic E-state index is -1.02. The lowest BCUT2D eigenvalue weighted by Gasteiger charge is -2.14. The van der Waals surface area contributed by atoms with Gasteiger partial charge in [0, 0.05) is 6.54 Å². The van der Waals surface area contributed by atoms with Crippen LogP contribution in [-0.4, -0.2) is 41.6 Å². The van der Waals surface area contributed by atoms with Crippen molar-refractivity contribution >= 4 is 18.0 Å². The number of nitrogens with one attached hydrogen (secondary N) is 1. The van der Waals surface area contributed by atoms with E-state index in [1.54, 1.807) is 6.07 Å². The van der Waals surface area contributed by atoms with Crippen molar-refractivity contribution in [3.63, 3.8) is 0 Å². The summed E-state index contributed by atoms with van der Waals surface area (Å²) in [5, 5.41) is 20.8. The molecule has 11 heteroatoms. The van der Waals surface area contributed by atoms with Crippen molar-refractivity contribution < 1.29 is 38.9 Å². The van der Waals surface area contributed by atoms with Gasteiger partial charge in [-0.15, -0.1) is 10.1 Å². The summed E-state index contributed by atoms with van der Waals surface area (Å²) >= 11 is 0. The van der Waals surface area contributed by atoms with Crippen LogP contribution in [0.5, 0.6) is 0 Å². The Labute approximate surface area is 167 Å². The van der Waals surface area contributed by atoms with E-state index in [9.17, 15) is 24.5 Å². The molecule has 160 valence electrons. The zero-order chi connectivity index (χ0) is 21.8. The molecular weight excluding hydrogens is 388 g/mol. The molecule has 0 unspecified atom stereocenters. The van der Waals surface area contributed by atoms with E-state index < -0.39 is 42.4 Å². The second-order valence-electron chi connectivity index (χ2n) is 6.52. The highest BCUT2D eigenvalue weighted by atomic mass is 16.9. The maximum atomic E-state index is 12.1. The van der Waals surface area contributed by atoms with Crippen LogP contribution in [0.3, 0.4) is 0 Å². The second-order valence-corrected chi connectivity index (χ2v) is 6.52. The quantitative estimate of drug-likeness (QED) is 0.228. The maximum Gasteiger partial charge on any atom is 0.410 e. The van der Waals surface area contributed by atoms with Gasteiger partial charge in [-0.25, -0.2) is 9.59 Å². The number of benzene rings is 1. The molecule has 0 spiro atoms. The normalized spacial score (nSPS) is 11.4. The zero-order valence-electron chi connectivity index (χ0n) is 16.2. The van der Waals surface area contributed by atoms with Gasteiger partial charge in [-0.05, 0) is 24.0 Å². The van der Waals surface area contributed by atoms with E-state index in [0.717, 1.165) is 0 Å². The van der Waals surface area contributed by atoms with Gasteiger partial charge in [0.25, 0.3) is 5.09 Å². The number of esters is 1. The highest BCUT2D eigenvalue weighted by Gasteiger charge is 2.19. The standard InChI is InChI=1S/C18H24N2O9/c1-12(2)7-8-13(16(21)22)9-19-18(24)28-11-27-17(23)15-6-4-3-5-14(15)10-29-20(25)26/h3-6,12-13H,7-11H2,1-2H3,(H,19,24)(H,21,22)/t13-/m0/s1. The minimum Gasteiger partial charge on any atom is -0.481 e. The van der Waals surface area contributed by atoms with E-state index in [0.29, 0.717) is 18.8 Å². The molecule has 1 aromatic rings. The Hall–Kier alpha value is -3.37. The number of carboxylic acids is 1. The molecule has 0 saturated heterocycles. The number of carbonyl (C=O) groups excluding carboxylic acids is 2. The average Bonchev–Trinajstić information content (AvgIpc) is 2.65. The molecule has 1 atom stereocenters. The number of amides is 1. The lowest BCUT2D eigenvalue weighted by Crippen LogP contribution is -2.34. The molecule has 0 aliphatic heterocycles. The molecule has 2 N–H and O–H groups in total. The number of hydrogen-bond donors (Lipinski definition) is 2. The molecule has 0 bridgehead atoms. The first-order valence-corrected chi connectivity index (χ1v) is 8.86. The second kappa shape index (κ2) is 12.2. The Kier molecular flexibility index (Phi) is 9.92. The van der Waals surface area contributed by atoms with Gasteiger partial charge >= 0.3 is 18.0 Å². The molecule has 1 aromatic carbocycles. The summed E-state index contributed by atoms with van der Waals surface area (Å²) in [7, 11) is 0. The van der Waals surface area contributed by atoms with E-state index in [1.165, 1.54) is 18.2 Å². The van der Waals surface area contributed by atoms with Crippen LogP contribution in [-0.2, 0) is 25.7 Å². The molecule has 0 aromatic heterocycles. The van der Waals surface area contributed by atoms with Crippen LogP contribution in [0.2, 0.25) is 0 Å². The third-order valence-corrected chi connectivity index (χ3v) is 3.88. The third kappa shape index (κ3) is 9.40. The first-order valence-electron chi connectivity index (χ1n) is 8.86. The van der Waals surface area contributed by atoms with Gasteiger partial charge in [-0.1, -0.05) is 38.5 Å². The predicted octanol–water partition coefficient (Wildman–Crippen LogP) is 2.37. The molecule has 1 amide bonds. The molecule has 0 aliphatic carbocycles. The van der Waals surface area contributed by atoms with Crippen molar-refractivity contribution in [1.29, 1.82) is 0 Å². The summed E-state index contributed by atoms with van der Waals surface area (Å²) in [6.07, 6.45) is 0.175. The molecule has 0 heterocycles. The van der Waals surface area contributed by atoms with Gasteiger partial charge in [0.2, 0.25) is 6.79 Å². The summed E-state index contributed by atoms with van der Waals surface area (Å²) in [5.74, 6) is -2.30. The fourth-order valence-corrected chi connectivity index (χ4v) is 2.29.